The molecule has 1 N–H and O–H groups in total. The first-order valence-electron chi connectivity index (χ1n) is 10.4. The molecule has 0 spiro atoms. The van der Waals surface area contributed by atoms with Crippen LogP contribution in [0.1, 0.15) is 39.4 Å². The molecule has 0 aliphatic carbocycles. The SMILES string of the molecule is CCOc1cc(C=C2NC(=O)N(Cc3ccc(C(=O)OC)o3)C2=O)ccc1OC(=O)c1ccco1. The van der Waals surface area contributed by atoms with E-state index in [1.54, 1.807) is 25.1 Å². The van der Waals surface area contributed by atoms with Crippen LogP contribution in [0, 0.1) is 0 Å². The Morgan fingerprint density at radius 2 is 1.89 bits per heavy atom. The molecule has 0 unspecified atom stereocenters. The third-order valence-electron chi connectivity index (χ3n) is 4.83. The molecule has 1 aromatic carbocycles. The molecular weight excluding hydrogens is 460 g/mol. The lowest BCUT2D eigenvalue weighted by Crippen LogP contribution is -2.30. The number of methoxy groups -OCH3 is 1. The number of nitrogens with zero attached hydrogens (tertiary/aromatic N) is 1. The van der Waals surface area contributed by atoms with E-state index in [9.17, 15) is 19.2 Å². The van der Waals surface area contributed by atoms with Gasteiger partial charge in [0.05, 0.1) is 26.5 Å². The van der Waals surface area contributed by atoms with Crippen LogP contribution in [0.3, 0.4) is 0 Å². The second-order valence-electron chi connectivity index (χ2n) is 7.14. The van der Waals surface area contributed by atoms with Gasteiger partial charge in [0.15, 0.2) is 11.5 Å². The molecule has 2 aromatic heterocycles. The normalized spacial score (nSPS) is 14.2. The average Bonchev–Trinajstić information content (AvgIpc) is 3.59. The van der Waals surface area contributed by atoms with Crippen molar-refractivity contribution in [1.29, 1.82) is 0 Å². The molecule has 4 rings (SSSR count). The summed E-state index contributed by atoms with van der Waals surface area (Å²) in [5.74, 6) is -1.29. The third kappa shape index (κ3) is 5.08. The highest BCUT2D eigenvalue weighted by Gasteiger charge is 2.34. The number of hydrogen-bond acceptors (Lipinski definition) is 9. The maximum absolute atomic E-state index is 12.8. The lowest BCUT2D eigenvalue weighted by atomic mass is 10.1. The van der Waals surface area contributed by atoms with Gasteiger partial charge in [-0.05, 0) is 55.0 Å². The first kappa shape index (κ1) is 23.4. The Balaban J connectivity index is 1.51. The number of furan rings is 2. The summed E-state index contributed by atoms with van der Waals surface area (Å²) in [6.45, 7) is 1.89. The van der Waals surface area contributed by atoms with Crippen molar-refractivity contribution in [3.05, 3.63) is 77.3 Å². The Bertz CT molecular complexity index is 1300. The molecule has 3 aromatic rings. The van der Waals surface area contributed by atoms with Gasteiger partial charge in [0.25, 0.3) is 5.91 Å². The molecule has 0 atom stereocenters. The highest BCUT2D eigenvalue weighted by molar-refractivity contribution is 6.13. The molecule has 11 nitrogen and oxygen atoms in total. The molecule has 0 bridgehead atoms. The maximum atomic E-state index is 12.8. The van der Waals surface area contributed by atoms with Crippen LogP contribution >= 0.6 is 0 Å². The second kappa shape index (κ2) is 10.00. The van der Waals surface area contributed by atoms with Gasteiger partial charge in [0, 0.05) is 0 Å². The van der Waals surface area contributed by atoms with Crippen LogP contribution in [0.25, 0.3) is 6.08 Å². The van der Waals surface area contributed by atoms with Gasteiger partial charge in [-0.1, -0.05) is 6.07 Å². The highest BCUT2D eigenvalue weighted by Crippen LogP contribution is 2.30. The monoisotopic (exact) mass is 480 g/mol. The zero-order chi connectivity index (χ0) is 24.9. The van der Waals surface area contributed by atoms with Crippen molar-refractivity contribution >= 4 is 30.0 Å². The summed E-state index contributed by atoms with van der Waals surface area (Å²) in [5, 5.41) is 2.51. The van der Waals surface area contributed by atoms with Gasteiger partial charge in [-0.25, -0.2) is 14.4 Å². The van der Waals surface area contributed by atoms with Crippen molar-refractivity contribution in [2.24, 2.45) is 0 Å². The number of imide groups is 1. The summed E-state index contributed by atoms with van der Waals surface area (Å²) in [6, 6.07) is 9.93. The van der Waals surface area contributed by atoms with E-state index in [1.165, 1.54) is 43.7 Å². The number of carbonyl (C=O) groups is 4. The van der Waals surface area contributed by atoms with Gasteiger partial charge >= 0.3 is 18.0 Å². The minimum atomic E-state index is -0.691. The van der Waals surface area contributed by atoms with Gasteiger partial charge in [-0.15, -0.1) is 0 Å². The van der Waals surface area contributed by atoms with Crippen molar-refractivity contribution in [2.45, 2.75) is 13.5 Å². The Labute approximate surface area is 198 Å². The smallest absolute Gasteiger partial charge is 0.379 e. The Hall–Kier alpha value is -4.80. The van der Waals surface area contributed by atoms with Crippen LogP contribution in [0.5, 0.6) is 11.5 Å². The van der Waals surface area contributed by atoms with Crippen LogP contribution in [0.4, 0.5) is 4.79 Å². The lowest BCUT2D eigenvalue weighted by molar-refractivity contribution is -0.123. The molecule has 1 aliphatic heterocycles. The topological polar surface area (TPSA) is 138 Å². The van der Waals surface area contributed by atoms with E-state index in [0.717, 1.165) is 4.90 Å². The Morgan fingerprint density at radius 3 is 2.60 bits per heavy atom. The van der Waals surface area contributed by atoms with Gasteiger partial charge in [0.2, 0.25) is 11.5 Å². The van der Waals surface area contributed by atoms with Crippen LogP contribution < -0.4 is 14.8 Å². The van der Waals surface area contributed by atoms with Crippen LogP contribution in [-0.4, -0.2) is 42.5 Å². The van der Waals surface area contributed by atoms with E-state index in [0.29, 0.717) is 12.2 Å². The number of carbonyl (C=O) groups excluding carboxylic acids is 4. The predicted octanol–water partition coefficient (Wildman–Crippen LogP) is 3.37. The zero-order valence-corrected chi connectivity index (χ0v) is 18.7. The van der Waals surface area contributed by atoms with E-state index in [-0.39, 0.29) is 41.0 Å². The molecule has 1 fully saturated rings. The van der Waals surface area contributed by atoms with Gasteiger partial charge in [-0.3, -0.25) is 9.69 Å². The lowest BCUT2D eigenvalue weighted by Gasteiger charge is -2.11. The molecule has 180 valence electrons. The Morgan fingerprint density at radius 1 is 1.06 bits per heavy atom. The van der Waals surface area contributed by atoms with Crippen LogP contribution in [0.2, 0.25) is 0 Å². The van der Waals surface area contributed by atoms with Crippen LogP contribution in [-0.2, 0) is 16.1 Å². The average molecular weight is 480 g/mol. The number of esters is 2. The zero-order valence-electron chi connectivity index (χ0n) is 18.7. The Kier molecular flexibility index (Phi) is 6.67. The minimum absolute atomic E-state index is 0.0255. The number of hydrogen-bond donors (Lipinski definition) is 1. The summed E-state index contributed by atoms with van der Waals surface area (Å²) < 4.78 is 25.9. The number of nitrogens with one attached hydrogen (secondary N) is 1. The summed E-state index contributed by atoms with van der Waals surface area (Å²) in [5.41, 5.74) is 0.542. The number of benzene rings is 1. The number of amides is 3. The second-order valence-corrected chi connectivity index (χ2v) is 7.14. The summed E-state index contributed by atoms with van der Waals surface area (Å²) in [7, 11) is 1.21. The number of rotatable bonds is 8. The maximum Gasteiger partial charge on any atom is 0.379 e. The molecule has 1 saturated heterocycles. The largest absolute Gasteiger partial charge is 0.490 e. The van der Waals surface area contributed by atoms with Gasteiger partial charge in [-0.2, -0.15) is 0 Å². The summed E-state index contributed by atoms with van der Waals surface area (Å²) >= 11 is 0. The third-order valence-corrected chi connectivity index (χ3v) is 4.83. The number of ether oxygens (including phenoxy) is 3. The quantitative estimate of drug-likeness (QED) is 0.223. The van der Waals surface area contributed by atoms with E-state index in [4.69, 9.17) is 18.3 Å². The van der Waals surface area contributed by atoms with Crippen molar-refractivity contribution < 1.29 is 42.2 Å². The molecule has 3 amide bonds. The molecule has 0 radical (unpaired) electrons. The molecular formula is C24H20N2O9. The molecule has 0 saturated carbocycles. The fourth-order valence-corrected chi connectivity index (χ4v) is 3.22. The predicted molar refractivity (Wildman–Crippen MR) is 118 cm³/mol. The first-order chi connectivity index (χ1) is 16.9. The summed E-state index contributed by atoms with van der Waals surface area (Å²) in [4.78, 5) is 49.9. The standard InChI is InChI=1S/C24H20N2O9/c1-3-32-20-12-14(6-8-17(20)35-23(29)18-5-4-10-33-18)11-16-21(27)26(24(30)25-16)13-15-7-9-19(34-15)22(28)31-2/h4-12H,3,13H2,1-2H3,(H,25,30). The fourth-order valence-electron chi connectivity index (χ4n) is 3.22. The summed E-state index contributed by atoms with van der Waals surface area (Å²) in [6.07, 6.45) is 2.82. The molecule has 3 heterocycles. The van der Waals surface area contributed by atoms with E-state index >= 15 is 0 Å². The fraction of sp³-hybridized carbons (Fsp3) is 0.167. The number of urea groups is 1. The van der Waals surface area contributed by atoms with E-state index < -0.39 is 23.9 Å². The van der Waals surface area contributed by atoms with Crippen molar-refractivity contribution in [1.82, 2.24) is 10.2 Å². The van der Waals surface area contributed by atoms with Gasteiger partial charge in [0.1, 0.15) is 11.5 Å². The van der Waals surface area contributed by atoms with Crippen molar-refractivity contribution in [3.8, 4) is 11.5 Å². The first-order valence-corrected chi connectivity index (χ1v) is 10.4. The molecule has 11 heteroatoms. The van der Waals surface area contributed by atoms with E-state index in [2.05, 4.69) is 10.1 Å². The molecule has 35 heavy (non-hydrogen) atoms. The highest BCUT2D eigenvalue weighted by atomic mass is 16.6. The van der Waals surface area contributed by atoms with Crippen LogP contribution in [0.15, 0.2) is 63.3 Å². The van der Waals surface area contributed by atoms with Gasteiger partial charge < -0.3 is 28.4 Å². The van der Waals surface area contributed by atoms with E-state index in [1.807, 2.05) is 0 Å². The molecule has 1 aliphatic rings. The van der Waals surface area contributed by atoms with Crippen molar-refractivity contribution in [2.75, 3.05) is 13.7 Å². The van der Waals surface area contributed by atoms with Crippen molar-refractivity contribution in [3.63, 3.8) is 0 Å². The minimum Gasteiger partial charge on any atom is -0.490 e.